The summed E-state index contributed by atoms with van der Waals surface area (Å²) in [5, 5.41) is 0. The molecule has 0 rings (SSSR count). The smallest absolute Gasteiger partial charge is 0.310 e. The summed E-state index contributed by atoms with van der Waals surface area (Å²) in [5.74, 6) is -1.02. The van der Waals surface area contributed by atoms with E-state index in [4.69, 9.17) is 14.2 Å². The molecule has 0 fully saturated rings. The molecule has 0 aromatic carbocycles. The summed E-state index contributed by atoms with van der Waals surface area (Å²) in [7, 11) is 0. The summed E-state index contributed by atoms with van der Waals surface area (Å²) in [4.78, 5) is 38.1. The maximum Gasteiger partial charge on any atom is 0.310 e. The summed E-state index contributed by atoms with van der Waals surface area (Å²) < 4.78 is 16.8. The lowest BCUT2D eigenvalue weighted by Crippen LogP contribution is -2.30. The Kier molecular flexibility index (Phi) is 55.3. The SMILES string of the molecule is CC/C=C\C/C=C\C/C=C\C/C=C\C/C=C\CC(=O)OC(COC(=O)CCCCCCCCCCCCCCCCC)COC(=O)CCCCCCCCCCCCCCCCCCCCCCC. The monoisotopic (exact) mass is 965 g/mol. The quantitative estimate of drug-likeness (QED) is 0.0262. The molecule has 0 aliphatic heterocycles. The molecule has 0 aliphatic rings. The number of esters is 3. The molecule has 0 aromatic heterocycles. The van der Waals surface area contributed by atoms with Gasteiger partial charge in [0.15, 0.2) is 6.10 Å². The van der Waals surface area contributed by atoms with Crippen molar-refractivity contribution in [1.82, 2.24) is 0 Å². The Bertz CT molecular complexity index is 1250. The van der Waals surface area contributed by atoms with Gasteiger partial charge in [0, 0.05) is 12.8 Å². The van der Waals surface area contributed by atoms with Crippen LogP contribution in [0.3, 0.4) is 0 Å². The van der Waals surface area contributed by atoms with Crippen LogP contribution >= 0.6 is 0 Å². The van der Waals surface area contributed by atoms with E-state index in [-0.39, 0.29) is 31.6 Å². The van der Waals surface area contributed by atoms with Gasteiger partial charge in [-0.3, -0.25) is 14.4 Å². The second-order valence-electron chi connectivity index (χ2n) is 19.9. The molecule has 69 heavy (non-hydrogen) atoms. The first-order valence-electron chi connectivity index (χ1n) is 29.8. The molecule has 0 bridgehead atoms. The normalized spacial score (nSPS) is 12.4. The molecule has 0 saturated carbocycles. The minimum absolute atomic E-state index is 0.102. The second-order valence-corrected chi connectivity index (χ2v) is 19.9. The van der Waals surface area contributed by atoms with Crippen LogP contribution in [0.4, 0.5) is 0 Å². The first kappa shape index (κ1) is 66.1. The average Bonchev–Trinajstić information content (AvgIpc) is 3.35. The molecule has 0 aromatic rings. The Labute approximate surface area is 428 Å². The van der Waals surface area contributed by atoms with E-state index in [1.54, 1.807) is 6.08 Å². The number of allylic oxidation sites excluding steroid dienone is 9. The van der Waals surface area contributed by atoms with Crippen LogP contribution in [0.2, 0.25) is 0 Å². The number of carbonyl (C=O) groups excluding carboxylic acids is 3. The van der Waals surface area contributed by atoms with E-state index in [9.17, 15) is 14.4 Å². The molecule has 400 valence electrons. The molecule has 0 heterocycles. The van der Waals surface area contributed by atoms with Gasteiger partial charge in [-0.15, -0.1) is 0 Å². The highest BCUT2D eigenvalue weighted by atomic mass is 16.6. The van der Waals surface area contributed by atoms with Gasteiger partial charge in [0.05, 0.1) is 6.42 Å². The predicted molar refractivity (Wildman–Crippen MR) is 298 cm³/mol. The zero-order chi connectivity index (χ0) is 50.0. The average molecular weight is 966 g/mol. The van der Waals surface area contributed by atoms with Crippen molar-refractivity contribution in [2.24, 2.45) is 0 Å². The minimum atomic E-state index is -0.825. The van der Waals surface area contributed by atoms with E-state index in [1.807, 2.05) is 6.08 Å². The Morgan fingerprint density at radius 2 is 0.551 bits per heavy atom. The van der Waals surface area contributed by atoms with Crippen molar-refractivity contribution >= 4 is 17.9 Å². The van der Waals surface area contributed by atoms with E-state index in [2.05, 4.69) is 69.4 Å². The van der Waals surface area contributed by atoms with E-state index < -0.39 is 12.1 Å². The number of ether oxygens (including phenoxy) is 3. The summed E-state index contributed by atoms with van der Waals surface area (Å²) in [6, 6.07) is 0. The fourth-order valence-corrected chi connectivity index (χ4v) is 8.64. The van der Waals surface area contributed by atoms with Crippen molar-refractivity contribution in [3.63, 3.8) is 0 Å². The number of hydrogen-bond donors (Lipinski definition) is 0. The van der Waals surface area contributed by atoms with Crippen molar-refractivity contribution in [3.8, 4) is 0 Å². The number of hydrogen-bond acceptors (Lipinski definition) is 6. The molecule has 6 heteroatoms. The Hall–Kier alpha value is -2.89. The number of rotatable bonds is 54. The molecule has 6 nitrogen and oxygen atoms in total. The number of carbonyl (C=O) groups is 3. The van der Waals surface area contributed by atoms with Crippen LogP contribution < -0.4 is 0 Å². The molecule has 1 atom stereocenters. The molecule has 0 radical (unpaired) electrons. The van der Waals surface area contributed by atoms with E-state index in [1.165, 1.54) is 193 Å². The zero-order valence-corrected chi connectivity index (χ0v) is 45.8. The fourth-order valence-electron chi connectivity index (χ4n) is 8.64. The summed E-state index contributed by atoms with van der Waals surface area (Å²) in [6.45, 7) is 6.49. The lowest BCUT2D eigenvalue weighted by atomic mass is 10.0. The van der Waals surface area contributed by atoms with Gasteiger partial charge in [-0.2, -0.15) is 0 Å². The maximum absolute atomic E-state index is 12.8. The highest BCUT2D eigenvalue weighted by Crippen LogP contribution is 2.17. The van der Waals surface area contributed by atoms with E-state index in [0.717, 1.165) is 70.6 Å². The topological polar surface area (TPSA) is 78.9 Å². The van der Waals surface area contributed by atoms with Crippen molar-refractivity contribution in [3.05, 3.63) is 60.8 Å². The Morgan fingerprint density at radius 3 is 0.826 bits per heavy atom. The predicted octanol–water partition coefficient (Wildman–Crippen LogP) is 20.0. The Morgan fingerprint density at radius 1 is 0.304 bits per heavy atom. The van der Waals surface area contributed by atoms with Gasteiger partial charge in [-0.1, -0.05) is 300 Å². The van der Waals surface area contributed by atoms with E-state index >= 15 is 0 Å². The first-order valence-corrected chi connectivity index (χ1v) is 29.8. The molecular weight excluding hydrogens is 853 g/mol. The molecule has 0 aliphatic carbocycles. The van der Waals surface area contributed by atoms with Crippen LogP contribution in [0.25, 0.3) is 0 Å². The summed E-state index contributed by atoms with van der Waals surface area (Å²) >= 11 is 0. The lowest BCUT2D eigenvalue weighted by molar-refractivity contribution is -0.166. The standard InChI is InChI=1S/C63H112O6/c1-4-7-10-13-16-19-22-25-28-29-30-31-32-33-36-38-41-44-47-50-53-56-62(65)68-59-60(69-63(66)57-54-51-48-45-42-39-35-27-24-21-18-15-12-9-6-3)58-67-61(64)55-52-49-46-43-40-37-34-26-23-20-17-14-11-8-5-2/h9,12,18,21,27,35,42,45,51,54,60H,4-8,10-11,13-17,19-20,22-26,28-34,36-41,43-44,46-50,52-53,55-59H2,1-3H3/b12-9-,21-18-,35-27-,45-42-,54-51-. The van der Waals surface area contributed by atoms with Crippen LogP contribution in [-0.2, 0) is 28.6 Å². The van der Waals surface area contributed by atoms with Crippen LogP contribution in [0.5, 0.6) is 0 Å². The first-order chi connectivity index (χ1) is 34.0. The van der Waals surface area contributed by atoms with Crippen molar-refractivity contribution < 1.29 is 28.6 Å². The number of unbranched alkanes of at least 4 members (excludes halogenated alkanes) is 34. The van der Waals surface area contributed by atoms with Crippen LogP contribution in [0.15, 0.2) is 60.8 Å². The highest BCUT2D eigenvalue weighted by molar-refractivity contribution is 5.72. The molecule has 0 N–H and O–H groups in total. The van der Waals surface area contributed by atoms with Gasteiger partial charge in [0.25, 0.3) is 0 Å². The lowest BCUT2D eigenvalue weighted by Gasteiger charge is -2.18. The summed E-state index contributed by atoms with van der Waals surface area (Å²) in [6.07, 6.45) is 72.5. The van der Waals surface area contributed by atoms with Crippen LogP contribution in [-0.4, -0.2) is 37.2 Å². The fraction of sp³-hybridized carbons (Fsp3) is 0.794. The van der Waals surface area contributed by atoms with Crippen molar-refractivity contribution in [2.45, 2.75) is 309 Å². The van der Waals surface area contributed by atoms with Gasteiger partial charge in [0.1, 0.15) is 13.2 Å². The second kappa shape index (κ2) is 57.7. The van der Waals surface area contributed by atoms with Gasteiger partial charge >= 0.3 is 17.9 Å². The minimum Gasteiger partial charge on any atom is -0.462 e. The third-order valence-electron chi connectivity index (χ3n) is 13.1. The third-order valence-corrected chi connectivity index (χ3v) is 13.1. The van der Waals surface area contributed by atoms with Crippen molar-refractivity contribution in [1.29, 1.82) is 0 Å². The molecular formula is C63H112O6. The van der Waals surface area contributed by atoms with Crippen LogP contribution in [0.1, 0.15) is 303 Å². The highest BCUT2D eigenvalue weighted by Gasteiger charge is 2.19. The molecule has 0 spiro atoms. The molecule has 0 saturated heterocycles. The van der Waals surface area contributed by atoms with Gasteiger partial charge in [-0.25, -0.2) is 0 Å². The van der Waals surface area contributed by atoms with Gasteiger partial charge in [-0.05, 0) is 44.9 Å². The van der Waals surface area contributed by atoms with Gasteiger partial charge in [0.2, 0.25) is 0 Å². The Balaban J connectivity index is 4.38. The van der Waals surface area contributed by atoms with Gasteiger partial charge < -0.3 is 14.2 Å². The molecule has 1 unspecified atom stereocenters. The van der Waals surface area contributed by atoms with Crippen molar-refractivity contribution in [2.75, 3.05) is 13.2 Å². The molecule has 0 amide bonds. The van der Waals surface area contributed by atoms with Crippen LogP contribution in [0, 0.1) is 0 Å². The largest absolute Gasteiger partial charge is 0.462 e. The third kappa shape index (κ3) is 55.9. The maximum atomic E-state index is 12.8. The van der Waals surface area contributed by atoms with E-state index in [0.29, 0.717) is 12.8 Å². The zero-order valence-electron chi connectivity index (χ0n) is 45.8. The summed E-state index contributed by atoms with van der Waals surface area (Å²) in [5.41, 5.74) is 0.